The van der Waals surface area contributed by atoms with E-state index in [0.29, 0.717) is 29.0 Å². The lowest BCUT2D eigenvalue weighted by molar-refractivity contribution is 0.0641. The second-order valence-electron chi connectivity index (χ2n) is 5.00. The van der Waals surface area contributed by atoms with Crippen LogP contribution in [-0.2, 0) is 4.74 Å². The van der Waals surface area contributed by atoms with E-state index in [-0.39, 0.29) is 11.9 Å². The van der Waals surface area contributed by atoms with Crippen LogP contribution in [0.4, 0.5) is 10.9 Å². The quantitative estimate of drug-likeness (QED) is 0.810. The van der Waals surface area contributed by atoms with Gasteiger partial charge in [-0.05, 0) is 26.2 Å². The van der Waals surface area contributed by atoms with Gasteiger partial charge in [0.1, 0.15) is 10.7 Å². The van der Waals surface area contributed by atoms with E-state index in [2.05, 4.69) is 17.2 Å². The van der Waals surface area contributed by atoms with Crippen LogP contribution < -0.4 is 11.1 Å². The van der Waals surface area contributed by atoms with Crippen molar-refractivity contribution in [2.75, 3.05) is 37.9 Å². The highest BCUT2D eigenvalue weighted by molar-refractivity contribution is 7.18. The Morgan fingerprint density at radius 3 is 3.10 bits per heavy atom. The molecule has 1 aliphatic heterocycles. The van der Waals surface area contributed by atoms with Gasteiger partial charge in [0.15, 0.2) is 5.13 Å². The number of amides is 1. The van der Waals surface area contributed by atoms with Gasteiger partial charge in [0.25, 0.3) is 5.91 Å². The Bertz CT molecular complexity index is 463. The molecule has 1 aromatic rings. The van der Waals surface area contributed by atoms with E-state index >= 15 is 0 Å². The van der Waals surface area contributed by atoms with Gasteiger partial charge < -0.3 is 20.7 Å². The Labute approximate surface area is 123 Å². The van der Waals surface area contributed by atoms with Crippen molar-refractivity contribution in [3.05, 3.63) is 4.88 Å². The summed E-state index contributed by atoms with van der Waals surface area (Å²) in [7, 11) is 1.64. The van der Waals surface area contributed by atoms with Crippen LogP contribution >= 0.6 is 11.3 Å². The molecule has 0 bridgehead atoms. The van der Waals surface area contributed by atoms with Crippen LogP contribution in [0.5, 0.6) is 0 Å². The number of nitrogens with one attached hydrogen (secondary N) is 1. The first-order valence-corrected chi connectivity index (χ1v) is 7.75. The third-order valence-electron chi connectivity index (χ3n) is 3.49. The minimum atomic E-state index is 0.00647. The van der Waals surface area contributed by atoms with E-state index in [0.717, 1.165) is 19.4 Å². The Morgan fingerprint density at radius 2 is 2.40 bits per heavy atom. The zero-order valence-electron chi connectivity index (χ0n) is 12.0. The second kappa shape index (κ2) is 6.90. The summed E-state index contributed by atoms with van der Waals surface area (Å²) in [5.74, 6) is 0.324. The fraction of sp³-hybridized carbons (Fsp3) is 0.692. The number of thiazole rings is 1. The summed E-state index contributed by atoms with van der Waals surface area (Å²) >= 11 is 1.32. The maximum Gasteiger partial charge on any atom is 0.268 e. The smallest absolute Gasteiger partial charge is 0.268 e. The van der Waals surface area contributed by atoms with Crippen molar-refractivity contribution in [2.45, 2.75) is 32.2 Å². The number of piperidine rings is 1. The predicted octanol–water partition coefficient (Wildman–Crippen LogP) is 1.80. The number of nitrogens with zero attached hydrogens (tertiary/aromatic N) is 2. The number of rotatable bonds is 5. The lowest BCUT2D eigenvalue weighted by Gasteiger charge is -2.33. The molecule has 0 spiro atoms. The molecule has 2 rings (SSSR count). The molecule has 0 radical (unpaired) electrons. The van der Waals surface area contributed by atoms with Crippen LogP contribution in [0.2, 0.25) is 0 Å². The largest absolute Gasteiger partial charge is 0.383 e. The SMILES string of the molecule is COCCNc1nc(N)c(C(=O)N2CCCCC2C)s1. The summed E-state index contributed by atoms with van der Waals surface area (Å²) < 4.78 is 4.97. The first-order valence-electron chi connectivity index (χ1n) is 6.93. The van der Waals surface area contributed by atoms with E-state index in [9.17, 15) is 4.79 Å². The molecule has 112 valence electrons. The topological polar surface area (TPSA) is 80.5 Å². The fourth-order valence-corrected chi connectivity index (χ4v) is 3.22. The Balaban J connectivity index is 2.05. The van der Waals surface area contributed by atoms with Crippen LogP contribution in [0.25, 0.3) is 0 Å². The molecule has 1 unspecified atom stereocenters. The van der Waals surface area contributed by atoms with Gasteiger partial charge in [0.05, 0.1) is 6.61 Å². The number of hydrogen-bond donors (Lipinski definition) is 2. The van der Waals surface area contributed by atoms with E-state index in [1.54, 1.807) is 7.11 Å². The number of hydrogen-bond acceptors (Lipinski definition) is 6. The molecular weight excluding hydrogens is 276 g/mol. The number of carbonyl (C=O) groups excluding carboxylic acids is 1. The number of methoxy groups -OCH3 is 1. The number of nitrogen functional groups attached to an aromatic ring is 1. The van der Waals surface area contributed by atoms with E-state index in [4.69, 9.17) is 10.5 Å². The number of nitrogens with two attached hydrogens (primary N) is 1. The minimum Gasteiger partial charge on any atom is -0.383 e. The van der Waals surface area contributed by atoms with Gasteiger partial charge in [-0.3, -0.25) is 4.79 Å². The molecule has 6 nitrogen and oxygen atoms in total. The first kappa shape index (κ1) is 15.1. The molecular formula is C13H22N4O2S. The van der Waals surface area contributed by atoms with Gasteiger partial charge in [-0.2, -0.15) is 0 Å². The molecule has 1 saturated heterocycles. The van der Waals surface area contributed by atoms with E-state index < -0.39 is 0 Å². The third-order valence-corrected chi connectivity index (χ3v) is 4.51. The molecule has 1 amide bonds. The van der Waals surface area contributed by atoms with Gasteiger partial charge in [-0.15, -0.1) is 0 Å². The highest BCUT2D eigenvalue weighted by Gasteiger charge is 2.27. The molecule has 7 heteroatoms. The van der Waals surface area contributed by atoms with Crippen molar-refractivity contribution in [1.29, 1.82) is 0 Å². The Morgan fingerprint density at radius 1 is 1.60 bits per heavy atom. The van der Waals surface area contributed by atoms with Crippen molar-refractivity contribution in [1.82, 2.24) is 9.88 Å². The zero-order chi connectivity index (χ0) is 14.5. The Kier molecular flexibility index (Phi) is 5.19. The lowest BCUT2D eigenvalue weighted by Crippen LogP contribution is -2.41. The van der Waals surface area contributed by atoms with Crippen molar-refractivity contribution >= 4 is 28.2 Å². The third kappa shape index (κ3) is 3.40. The standard InChI is InChI=1S/C13H22N4O2S/c1-9-5-3-4-7-17(9)12(18)10-11(14)16-13(20-10)15-6-8-19-2/h9H,3-8,14H2,1-2H3,(H,15,16). The van der Waals surface area contributed by atoms with Crippen LogP contribution in [-0.4, -0.2) is 48.6 Å². The molecule has 1 atom stereocenters. The molecule has 3 N–H and O–H groups in total. The minimum absolute atomic E-state index is 0.00647. The monoisotopic (exact) mass is 298 g/mol. The number of ether oxygens (including phenoxy) is 1. The molecule has 1 aliphatic rings. The van der Waals surface area contributed by atoms with Gasteiger partial charge >= 0.3 is 0 Å². The number of anilines is 2. The van der Waals surface area contributed by atoms with Gasteiger partial charge in [-0.1, -0.05) is 11.3 Å². The molecule has 1 aromatic heterocycles. The molecule has 0 aliphatic carbocycles. The van der Waals surface area contributed by atoms with Gasteiger partial charge in [0, 0.05) is 26.2 Å². The lowest BCUT2D eigenvalue weighted by atomic mass is 10.0. The second-order valence-corrected chi connectivity index (χ2v) is 6.00. The van der Waals surface area contributed by atoms with Crippen LogP contribution in [0, 0.1) is 0 Å². The molecule has 20 heavy (non-hydrogen) atoms. The van der Waals surface area contributed by atoms with Crippen LogP contribution in [0.15, 0.2) is 0 Å². The first-order chi connectivity index (χ1) is 9.63. The highest BCUT2D eigenvalue weighted by atomic mass is 32.1. The van der Waals surface area contributed by atoms with Crippen molar-refractivity contribution in [3.63, 3.8) is 0 Å². The van der Waals surface area contributed by atoms with Crippen molar-refractivity contribution in [3.8, 4) is 0 Å². The average Bonchev–Trinajstić information content (AvgIpc) is 2.80. The summed E-state index contributed by atoms with van der Waals surface area (Å²) in [6.45, 7) is 4.14. The van der Waals surface area contributed by atoms with Gasteiger partial charge in [-0.25, -0.2) is 4.98 Å². The van der Waals surface area contributed by atoms with Crippen LogP contribution in [0.1, 0.15) is 35.9 Å². The number of likely N-dealkylation sites (tertiary alicyclic amines) is 1. The summed E-state index contributed by atoms with van der Waals surface area (Å²) in [4.78, 5) is 19.2. The summed E-state index contributed by atoms with van der Waals surface area (Å²) in [5, 5.41) is 3.78. The summed E-state index contributed by atoms with van der Waals surface area (Å²) in [6, 6.07) is 0.280. The fourth-order valence-electron chi connectivity index (χ4n) is 2.35. The average molecular weight is 298 g/mol. The highest BCUT2D eigenvalue weighted by Crippen LogP contribution is 2.28. The molecule has 0 aromatic carbocycles. The molecule has 2 heterocycles. The maximum atomic E-state index is 12.5. The van der Waals surface area contributed by atoms with E-state index in [1.165, 1.54) is 17.8 Å². The maximum absolute atomic E-state index is 12.5. The van der Waals surface area contributed by atoms with E-state index in [1.807, 2.05) is 4.90 Å². The zero-order valence-corrected chi connectivity index (χ0v) is 12.8. The number of aromatic nitrogens is 1. The Hall–Kier alpha value is -1.34. The molecule has 1 fully saturated rings. The van der Waals surface area contributed by atoms with Gasteiger partial charge in [0.2, 0.25) is 0 Å². The summed E-state index contributed by atoms with van der Waals surface area (Å²) in [5.41, 5.74) is 5.88. The summed E-state index contributed by atoms with van der Waals surface area (Å²) in [6.07, 6.45) is 3.31. The normalized spacial score (nSPS) is 19.1. The predicted molar refractivity (Wildman–Crippen MR) is 81.2 cm³/mol. The van der Waals surface area contributed by atoms with Crippen molar-refractivity contribution < 1.29 is 9.53 Å². The number of carbonyl (C=O) groups is 1. The molecule has 0 saturated carbocycles. The van der Waals surface area contributed by atoms with Crippen LogP contribution in [0.3, 0.4) is 0 Å². The van der Waals surface area contributed by atoms with Crippen molar-refractivity contribution in [2.24, 2.45) is 0 Å².